The van der Waals surface area contributed by atoms with Gasteiger partial charge < -0.3 is 10.1 Å². The quantitative estimate of drug-likeness (QED) is 0.726. The molecule has 3 aromatic rings. The number of rotatable bonds is 4. The summed E-state index contributed by atoms with van der Waals surface area (Å²) in [7, 11) is 0. The molecule has 3 rings (SSSR count). The third-order valence-corrected chi connectivity index (χ3v) is 3.57. The molecule has 0 aliphatic rings. The molecule has 0 aliphatic heterocycles. The van der Waals surface area contributed by atoms with E-state index in [-0.39, 0.29) is 5.56 Å². The molecule has 0 saturated carbocycles. The maximum Gasteiger partial charge on any atom is 0.338 e. The van der Waals surface area contributed by atoms with Gasteiger partial charge >= 0.3 is 5.97 Å². The zero-order valence-corrected chi connectivity index (χ0v) is 13.6. The summed E-state index contributed by atoms with van der Waals surface area (Å²) in [5.74, 6) is -3.48. The van der Waals surface area contributed by atoms with Crippen molar-refractivity contribution in [1.29, 1.82) is 0 Å². The number of esters is 1. The van der Waals surface area contributed by atoms with Crippen LogP contribution in [0.5, 0.6) is 0 Å². The molecule has 0 aliphatic carbocycles. The molecule has 0 saturated heterocycles. The Morgan fingerprint density at radius 3 is 2.38 bits per heavy atom. The minimum absolute atomic E-state index is 0.176. The third kappa shape index (κ3) is 3.64. The number of nitrogens with zero attached hydrogens (tertiary/aromatic N) is 2. The molecule has 0 spiro atoms. The normalized spacial score (nSPS) is 11.8. The fraction of sp³-hybridized carbons (Fsp3) is 0.111. The van der Waals surface area contributed by atoms with Crippen molar-refractivity contribution in [2.75, 3.05) is 5.32 Å². The van der Waals surface area contributed by atoms with E-state index in [1.807, 2.05) is 0 Å². The van der Waals surface area contributed by atoms with Crippen molar-refractivity contribution in [2.24, 2.45) is 0 Å². The lowest BCUT2D eigenvalue weighted by Gasteiger charge is -2.14. The number of carbonyl (C=O) groups is 2. The van der Waals surface area contributed by atoms with Gasteiger partial charge in [-0.05, 0) is 37.3 Å². The number of fused-ring (bicyclic) bond motifs is 1. The van der Waals surface area contributed by atoms with E-state index in [4.69, 9.17) is 4.74 Å². The Morgan fingerprint density at radius 2 is 1.69 bits per heavy atom. The Balaban J connectivity index is 1.70. The Morgan fingerprint density at radius 1 is 1.04 bits per heavy atom. The first-order valence-electron chi connectivity index (χ1n) is 7.62. The van der Waals surface area contributed by atoms with Crippen molar-refractivity contribution < 1.29 is 23.1 Å². The van der Waals surface area contributed by atoms with Crippen LogP contribution in [0.2, 0.25) is 0 Å². The number of amides is 1. The number of halogens is 2. The maximum absolute atomic E-state index is 13.6. The highest BCUT2D eigenvalue weighted by Gasteiger charge is 2.21. The third-order valence-electron chi connectivity index (χ3n) is 3.57. The van der Waals surface area contributed by atoms with Crippen LogP contribution in [0.25, 0.3) is 11.0 Å². The number of hydrogen-bond donors (Lipinski definition) is 1. The molecule has 1 N–H and O–H groups in total. The molecule has 1 aromatic heterocycles. The summed E-state index contributed by atoms with van der Waals surface area (Å²) >= 11 is 0. The topological polar surface area (TPSA) is 81.2 Å². The molecule has 0 radical (unpaired) electrons. The van der Waals surface area contributed by atoms with Gasteiger partial charge in [-0.25, -0.2) is 13.6 Å². The largest absolute Gasteiger partial charge is 0.449 e. The van der Waals surface area contributed by atoms with Crippen molar-refractivity contribution in [2.45, 2.75) is 13.0 Å². The lowest BCUT2D eigenvalue weighted by atomic mass is 10.2. The van der Waals surface area contributed by atoms with E-state index in [0.717, 1.165) is 12.1 Å². The average molecular weight is 357 g/mol. The Bertz CT molecular complexity index is 974. The number of aromatic nitrogens is 2. The second-order valence-corrected chi connectivity index (χ2v) is 5.39. The molecule has 1 atom stereocenters. The van der Waals surface area contributed by atoms with Crippen molar-refractivity contribution in [3.05, 3.63) is 66.0 Å². The van der Waals surface area contributed by atoms with E-state index < -0.39 is 35.3 Å². The van der Waals surface area contributed by atoms with Crippen LogP contribution in [0.15, 0.2) is 48.8 Å². The highest BCUT2D eigenvalue weighted by Crippen LogP contribution is 2.19. The zero-order valence-electron chi connectivity index (χ0n) is 13.6. The fourth-order valence-electron chi connectivity index (χ4n) is 2.21. The number of benzene rings is 2. The predicted octanol–water partition coefficient (Wildman–Crippen LogP) is 3.09. The molecule has 26 heavy (non-hydrogen) atoms. The number of ether oxygens (including phenoxy) is 1. The van der Waals surface area contributed by atoms with E-state index in [9.17, 15) is 18.4 Å². The van der Waals surface area contributed by atoms with Crippen molar-refractivity contribution >= 4 is 28.6 Å². The van der Waals surface area contributed by atoms with E-state index in [0.29, 0.717) is 11.0 Å². The summed E-state index contributed by atoms with van der Waals surface area (Å²) in [6.07, 6.45) is 1.74. The number of nitrogens with one attached hydrogen (secondary N) is 1. The molecule has 0 fully saturated rings. The van der Waals surface area contributed by atoms with Gasteiger partial charge in [0.15, 0.2) is 6.10 Å². The molecule has 2 aromatic carbocycles. The van der Waals surface area contributed by atoms with Crippen LogP contribution >= 0.6 is 0 Å². The fourth-order valence-corrected chi connectivity index (χ4v) is 2.21. The minimum Gasteiger partial charge on any atom is -0.449 e. The summed E-state index contributed by atoms with van der Waals surface area (Å²) < 4.78 is 32.2. The van der Waals surface area contributed by atoms with Crippen molar-refractivity contribution in [3.8, 4) is 0 Å². The van der Waals surface area contributed by atoms with Gasteiger partial charge in [0.1, 0.15) is 17.3 Å². The zero-order chi connectivity index (χ0) is 18.7. The van der Waals surface area contributed by atoms with Crippen LogP contribution in [0.3, 0.4) is 0 Å². The first kappa shape index (κ1) is 17.4. The van der Waals surface area contributed by atoms with Gasteiger partial charge in [0.25, 0.3) is 5.91 Å². The molecule has 0 bridgehead atoms. The Hall–Kier alpha value is -3.42. The van der Waals surface area contributed by atoms with E-state index in [2.05, 4.69) is 15.3 Å². The SMILES string of the molecule is C[C@@H](OC(=O)c1ccc2nccnc2c1)C(=O)Nc1c(F)cccc1F. The predicted molar refractivity (Wildman–Crippen MR) is 89.4 cm³/mol. The van der Waals surface area contributed by atoms with Crippen LogP contribution in [-0.4, -0.2) is 27.9 Å². The number of para-hydroxylation sites is 1. The van der Waals surface area contributed by atoms with Gasteiger partial charge in [-0.3, -0.25) is 14.8 Å². The highest BCUT2D eigenvalue weighted by molar-refractivity contribution is 5.98. The van der Waals surface area contributed by atoms with Gasteiger partial charge in [0, 0.05) is 12.4 Å². The molecule has 1 heterocycles. The van der Waals surface area contributed by atoms with Crippen LogP contribution in [-0.2, 0) is 9.53 Å². The summed E-state index contributed by atoms with van der Waals surface area (Å²) in [5.41, 5.74) is 0.674. The number of anilines is 1. The van der Waals surface area contributed by atoms with Gasteiger partial charge in [0.2, 0.25) is 0 Å². The summed E-state index contributed by atoms with van der Waals surface area (Å²) in [4.78, 5) is 32.4. The molecular formula is C18H13F2N3O3. The Labute approximate surface area is 146 Å². The molecule has 8 heteroatoms. The van der Waals surface area contributed by atoms with Crippen LogP contribution in [0.4, 0.5) is 14.5 Å². The second kappa shape index (κ2) is 7.22. The van der Waals surface area contributed by atoms with Crippen LogP contribution in [0, 0.1) is 11.6 Å². The lowest BCUT2D eigenvalue weighted by Crippen LogP contribution is -2.30. The van der Waals surface area contributed by atoms with Crippen LogP contribution < -0.4 is 5.32 Å². The number of carbonyl (C=O) groups excluding carboxylic acids is 2. The van der Waals surface area contributed by atoms with Gasteiger partial charge in [-0.1, -0.05) is 6.07 Å². The smallest absolute Gasteiger partial charge is 0.338 e. The second-order valence-electron chi connectivity index (χ2n) is 5.39. The first-order valence-corrected chi connectivity index (χ1v) is 7.62. The van der Waals surface area contributed by atoms with E-state index >= 15 is 0 Å². The van der Waals surface area contributed by atoms with Gasteiger partial charge in [-0.2, -0.15) is 0 Å². The van der Waals surface area contributed by atoms with E-state index in [1.165, 1.54) is 37.5 Å². The molecule has 1 amide bonds. The standard InChI is InChI=1S/C18H13F2N3O3/c1-10(17(24)23-16-12(19)3-2-4-13(16)20)26-18(25)11-5-6-14-15(9-11)22-8-7-21-14/h2-10H,1H3,(H,23,24)/t10-/m1/s1. The monoisotopic (exact) mass is 357 g/mol. The maximum atomic E-state index is 13.6. The van der Waals surface area contributed by atoms with Gasteiger partial charge in [0.05, 0.1) is 16.6 Å². The van der Waals surface area contributed by atoms with Gasteiger partial charge in [-0.15, -0.1) is 0 Å². The molecule has 0 unspecified atom stereocenters. The van der Waals surface area contributed by atoms with E-state index in [1.54, 1.807) is 6.07 Å². The van der Waals surface area contributed by atoms with Crippen LogP contribution in [0.1, 0.15) is 17.3 Å². The number of hydrogen-bond acceptors (Lipinski definition) is 5. The summed E-state index contributed by atoms with van der Waals surface area (Å²) in [6, 6.07) is 7.74. The average Bonchev–Trinajstić information content (AvgIpc) is 2.64. The summed E-state index contributed by atoms with van der Waals surface area (Å²) in [5, 5.41) is 2.08. The van der Waals surface area contributed by atoms with Crippen molar-refractivity contribution in [1.82, 2.24) is 9.97 Å². The Kier molecular flexibility index (Phi) is 4.83. The summed E-state index contributed by atoms with van der Waals surface area (Å²) in [6.45, 7) is 1.30. The lowest BCUT2D eigenvalue weighted by molar-refractivity contribution is -0.123. The minimum atomic E-state index is -1.26. The molecular weight excluding hydrogens is 344 g/mol. The molecule has 6 nitrogen and oxygen atoms in total. The first-order chi connectivity index (χ1) is 12.5. The highest BCUT2D eigenvalue weighted by atomic mass is 19.1. The molecule has 132 valence electrons. The van der Waals surface area contributed by atoms with Crippen molar-refractivity contribution in [3.63, 3.8) is 0 Å².